The van der Waals surface area contributed by atoms with Gasteiger partial charge in [0.05, 0.1) is 12.7 Å². The van der Waals surface area contributed by atoms with E-state index in [1.54, 1.807) is 0 Å². The summed E-state index contributed by atoms with van der Waals surface area (Å²) < 4.78 is 4.63. The number of allylic oxidation sites excluding steroid dienone is 1. The fraction of sp³-hybridized carbons (Fsp3) is 0.727. The molecule has 1 rings (SSSR count). The fourth-order valence-corrected chi connectivity index (χ4v) is 1.85. The minimum atomic E-state index is -0.382. The predicted molar refractivity (Wildman–Crippen MR) is 53.8 cm³/mol. The summed E-state index contributed by atoms with van der Waals surface area (Å²) in [5.74, 6) is 0.865. The molecule has 0 unspecified atom stereocenters. The Balaban J connectivity index is 2.76. The monoisotopic (exact) mass is 198 g/mol. The Kier molecular flexibility index (Phi) is 3.55. The molecule has 0 aromatic carbocycles. The first-order chi connectivity index (χ1) is 6.56. The summed E-state index contributed by atoms with van der Waals surface area (Å²) in [7, 11) is 1.35. The maximum absolute atomic E-state index is 11.3. The van der Waals surface area contributed by atoms with Crippen LogP contribution in [0.25, 0.3) is 0 Å². The molecule has 0 spiro atoms. The van der Waals surface area contributed by atoms with Gasteiger partial charge in [-0.05, 0) is 24.7 Å². The molecule has 14 heavy (non-hydrogen) atoms. The van der Waals surface area contributed by atoms with Gasteiger partial charge in [0.25, 0.3) is 0 Å². The van der Waals surface area contributed by atoms with E-state index in [4.69, 9.17) is 0 Å². The zero-order valence-electron chi connectivity index (χ0n) is 9.04. The van der Waals surface area contributed by atoms with Gasteiger partial charge >= 0.3 is 5.97 Å². The van der Waals surface area contributed by atoms with Crippen molar-refractivity contribution in [2.24, 2.45) is 11.8 Å². The number of hydrogen-bond donors (Lipinski definition) is 1. The van der Waals surface area contributed by atoms with E-state index in [9.17, 15) is 9.90 Å². The molecule has 0 aromatic heterocycles. The van der Waals surface area contributed by atoms with Crippen LogP contribution >= 0.6 is 0 Å². The van der Waals surface area contributed by atoms with Gasteiger partial charge in [0, 0.05) is 6.42 Å². The van der Waals surface area contributed by atoms with Crippen LogP contribution in [-0.2, 0) is 9.53 Å². The average Bonchev–Trinajstić information content (AvgIpc) is 2.17. The lowest BCUT2D eigenvalue weighted by atomic mass is 9.81. The molecule has 1 aliphatic rings. The zero-order valence-corrected chi connectivity index (χ0v) is 9.04. The molecule has 80 valence electrons. The standard InChI is InChI=1S/C11H18O3/c1-7(2)8-4-5-10(12)9(6-8)11(13)14-3/h7-8,12H,4-6H2,1-3H3/t8-/m0/s1. The van der Waals surface area contributed by atoms with Crippen LogP contribution < -0.4 is 0 Å². The van der Waals surface area contributed by atoms with E-state index in [0.29, 0.717) is 30.3 Å². The van der Waals surface area contributed by atoms with Gasteiger partial charge in [0.1, 0.15) is 5.76 Å². The number of esters is 1. The van der Waals surface area contributed by atoms with Crippen LogP contribution in [0.2, 0.25) is 0 Å². The number of ether oxygens (including phenoxy) is 1. The lowest BCUT2D eigenvalue weighted by Crippen LogP contribution is -2.20. The average molecular weight is 198 g/mol. The van der Waals surface area contributed by atoms with Crippen LogP contribution in [0.3, 0.4) is 0 Å². The van der Waals surface area contributed by atoms with Gasteiger partial charge in [0.2, 0.25) is 0 Å². The van der Waals surface area contributed by atoms with Crippen LogP contribution in [0.1, 0.15) is 33.1 Å². The highest BCUT2D eigenvalue weighted by atomic mass is 16.5. The van der Waals surface area contributed by atoms with Crippen molar-refractivity contribution in [1.82, 2.24) is 0 Å². The Morgan fingerprint density at radius 1 is 1.57 bits per heavy atom. The van der Waals surface area contributed by atoms with Gasteiger partial charge in [-0.2, -0.15) is 0 Å². The Morgan fingerprint density at radius 3 is 2.71 bits per heavy atom. The topological polar surface area (TPSA) is 46.5 Å². The van der Waals surface area contributed by atoms with E-state index in [2.05, 4.69) is 18.6 Å². The second-order valence-corrected chi connectivity index (χ2v) is 4.16. The summed E-state index contributed by atoms with van der Waals surface area (Å²) in [6.45, 7) is 4.28. The minimum absolute atomic E-state index is 0.216. The summed E-state index contributed by atoms with van der Waals surface area (Å²) in [5.41, 5.74) is 0.470. The quantitative estimate of drug-likeness (QED) is 0.693. The molecule has 1 aliphatic carbocycles. The van der Waals surface area contributed by atoms with Crippen molar-refractivity contribution in [3.63, 3.8) is 0 Å². The van der Waals surface area contributed by atoms with Crippen molar-refractivity contribution in [1.29, 1.82) is 0 Å². The van der Waals surface area contributed by atoms with E-state index in [1.165, 1.54) is 7.11 Å². The third kappa shape index (κ3) is 2.28. The largest absolute Gasteiger partial charge is 0.512 e. The second-order valence-electron chi connectivity index (χ2n) is 4.16. The van der Waals surface area contributed by atoms with E-state index in [0.717, 1.165) is 6.42 Å². The first-order valence-electron chi connectivity index (χ1n) is 5.05. The molecule has 1 atom stereocenters. The summed E-state index contributed by atoms with van der Waals surface area (Å²) >= 11 is 0. The highest BCUT2D eigenvalue weighted by molar-refractivity contribution is 5.89. The summed E-state index contributed by atoms with van der Waals surface area (Å²) in [6.07, 6.45) is 2.22. The van der Waals surface area contributed by atoms with Crippen molar-refractivity contribution in [2.45, 2.75) is 33.1 Å². The fourth-order valence-electron chi connectivity index (χ4n) is 1.85. The highest BCUT2D eigenvalue weighted by Crippen LogP contribution is 2.33. The molecule has 0 bridgehead atoms. The van der Waals surface area contributed by atoms with E-state index < -0.39 is 0 Å². The molecule has 0 saturated heterocycles. The molecule has 3 nitrogen and oxygen atoms in total. The summed E-state index contributed by atoms with van der Waals surface area (Å²) in [6, 6.07) is 0. The Labute approximate surface area is 84.8 Å². The van der Waals surface area contributed by atoms with Crippen molar-refractivity contribution in [2.75, 3.05) is 7.11 Å². The Bertz CT molecular complexity index is 253. The molecule has 0 fully saturated rings. The predicted octanol–water partition coefficient (Wildman–Crippen LogP) is 2.43. The smallest absolute Gasteiger partial charge is 0.337 e. The molecule has 1 N–H and O–H groups in total. The molecule has 0 heterocycles. The molecular formula is C11H18O3. The zero-order chi connectivity index (χ0) is 10.7. The number of carbonyl (C=O) groups is 1. The third-order valence-electron chi connectivity index (χ3n) is 2.94. The van der Waals surface area contributed by atoms with E-state index >= 15 is 0 Å². The molecular weight excluding hydrogens is 180 g/mol. The first-order valence-corrected chi connectivity index (χ1v) is 5.05. The van der Waals surface area contributed by atoms with Crippen molar-refractivity contribution in [3.8, 4) is 0 Å². The van der Waals surface area contributed by atoms with Crippen LogP contribution in [0.5, 0.6) is 0 Å². The van der Waals surface area contributed by atoms with Crippen molar-refractivity contribution < 1.29 is 14.6 Å². The number of carbonyl (C=O) groups excluding carboxylic acids is 1. The van der Waals surface area contributed by atoms with Gasteiger partial charge in [-0.1, -0.05) is 13.8 Å². The maximum atomic E-state index is 11.3. The van der Waals surface area contributed by atoms with Crippen LogP contribution in [0, 0.1) is 11.8 Å². The number of rotatable bonds is 2. The van der Waals surface area contributed by atoms with Gasteiger partial charge < -0.3 is 9.84 Å². The van der Waals surface area contributed by atoms with Gasteiger partial charge in [-0.25, -0.2) is 4.79 Å². The van der Waals surface area contributed by atoms with E-state index in [-0.39, 0.29) is 11.7 Å². The van der Waals surface area contributed by atoms with Crippen molar-refractivity contribution >= 4 is 5.97 Å². The normalized spacial score (nSPS) is 22.7. The number of methoxy groups -OCH3 is 1. The highest BCUT2D eigenvalue weighted by Gasteiger charge is 2.27. The van der Waals surface area contributed by atoms with E-state index in [1.807, 2.05) is 0 Å². The van der Waals surface area contributed by atoms with Crippen LogP contribution in [0.15, 0.2) is 11.3 Å². The van der Waals surface area contributed by atoms with Crippen LogP contribution in [-0.4, -0.2) is 18.2 Å². The lowest BCUT2D eigenvalue weighted by molar-refractivity contribution is -0.136. The molecule has 0 aromatic rings. The molecule has 0 aliphatic heterocycles. The molecule has 3 heteroatoms. The molecule has 0 radical (unpaired) electrons. The number of hydrogen-bond acceptors (Lipinski definition) is 3. The van der Waals surface area contributed by atoms with Gasteiger partial charge in [-0.3, -0.25) is 0 Å². The summed E-state index contributed by atoms with van der Waals surface area (Å²) in [5, 5.41) is 9.55. The first kappa shape index (κ1) is 11.1. The Morgan fingerprint density at radius 2 is 2.21 bits per heavy atom. The maximum Gasteiger partial charge on any atom is 0.337 e. The number of aliphatic hydroxyl groups excluding tert-OH is 1. The lowest BCUT2D eigenvalue weighted by Gasteiger charge is -2.26. The van der Waals surface area contributed by atoms with Gasteiger partial charge in [-0.15, -0.1) is 0 Å². The third-order valence-corrected chi connectivity index (χ3v) is 2.94. The van der Waals surface area contributed by atoms with Gasteiger partial charge in [0.15, 0.2) is 0 Å². The second kappa shape index (κ2) is 4.49. The molecule has 0 amide bonds. The SMILES string of the molecule is COC(=O)C1=C(O)CC[C@H](C(C)C)C1. The molecule has 0 saturated carbocycles. The minimum Gasteiger partial charge on any atom is -0.512 e. The Hall–Kier alpha value is -0.990. The van der Waals surface area contributed by atoms with Crippen LogP contribution in [0.4, 0.5) is 0 Å². The van der Waals surface area contributed by atoms with Crippen molar-refractivity contribution in [3.05, 3.63) is 11.3 Å². The number of aliphatic hydroxyl groups is 1. The summed E-state index contributed by atoms with van der Waals surface area (Å²) in [4.78, 5) is 11.3.